The molecule has 0 bridgehead atoms. The Bertz CT molecular complexity index is 845. The maximum Gasteiger partial charge on any atom is 0.328 e. The number of benzene rings is 1. The first-order chi connectivity index (χ1) is 11.1. The number of hydrogen-bond acceptors (Lipinski definition) is 4. The Morgan fingerprint density at radius 3 is 2.79 bits per heavy atom. The van der Waals surface area contributed by atoms with Crippen molar-refractivity contribution in [1.29, 1.82) is 0 Å². The summed E-state index contributed by atoms with van der Waals surface area (Å²) in [4.78, 5) is 40.4. The molecule has 130 valence electrons. The number of nitrogens with two attached hydrogens (primary N) is 1. The molecule has 3 N–H and O–H groups in total. The van der Waals surface area contributed by atoms with Crippen LogP contribution in [0.1, 0.15) is 19.3 Å². The predicted octanol–water partition coefficient (Wildman–Crippen LogP) is 0.451. The third kappa shape index (κ3) is 3.37. The number of nitrogens with zero attached hydrogens (tertiary/aromatic N) is 2. The predicted molar refractivity (Wildman–Crippen MR) is 94.5 cm³/mol. The number of carbonyl (C=O) groups is 1. The molecule has 3 rings (SSSR count). The van der Waals surface area contributed by atoms with Crippen molar-refractivity contribution in [3.05, 3.63) is 45.1 Å². The van der Waals surface area contributed by atoms with E-state index in [0.29, 0.717) is 17.4 Å². The van der Waals surface area contributed by atoms with E-state index in [0.717, 1.165) is 19.4 Å². The second kappa shape index (κ2) is 7.63. The summed E-state index contributed by atoms with van der Waals surface area (Å²) in [7, 11) is 0. The van der Waals surface area contributed by atoms with Gasteiger partial charge < -0.3 is 10.6 Å². The van der Waals surface area contributed by atoms with Crippen molar-refractivity contribution in [1.82, 2.24) is 14.5 Å². The number of amides is 1. The van der Waals surface area contributed by atoms with Crippen molar-refractivity contribution in [2.75, 3.05) is 13.1 Å². The van der Waals surface area contributed by atoms with E-state index >= 15 is 0 Å². The maximum absolute atomic E-state index is 12.4. The van der Waals surface area contributed by atoms with Crippen molar-refractivity contribution in [2.45, 2.75) is 31.8 Å². The molecule has 1 unspecified atom stereocenters. The van der Waals surface area contributed by atoms with Gasteiger partial charge in [0.15, 0.2) is 0 Å². The van der Waals surface area contributed by atoms with Gasteiger partial charge in [-0.2, -0.15) is 0 Å². The van der Waals surface area contributed by atoms with Gasteiger partial charge in [-0.25, -0.2) is 4.79 Å². The molecule has 1 fully saturated rings. The average molecular weight is 353 g/mol. The van der Waals surface area contributed by atoms with Gasteiger partial charge >= 0.3 is 5.69 Å². The normalized spacial score (nSPS) is 17.0. The Morgan fingerprint density at radius 1 is 1.29 bits per heavy atom. The Morgan fingerprint density at radius 2 is 2.04 bits per heavy atom. The molecule has 0 spiro atoms. The van der Waals surface area contributed by atoms with Crippen LogP contribution in [0.3, 0.4) is 0 Å². The molecule has 8 heteroatoms. The molecule has 7 nitrogen and oxygen atoms in total. The van der Waals surface area contributed by atoms with Crippen LogP contribution < -0.4 is 17.0 Å². The van der Waals surface area contributed by atoms with Gasteiger partial charge in [-0.1, -0.05) is 12.1 Å². The van der Waals surface area contributed by atoms with E-state index in [1.54, 1.807) is 29.2 Å². The van der Waals surface area contributed by atoms with Crippen molar-refractivity contribution in [2.24, 2.45) is 5.73 Å². The molecule has 24 heavy (non-hydrogen) atoms. The molecular formula is C16H21ClN4O3. The summed E-state index contributed by atoms with van der Waals surface area (Å²) in [5.74, 6) is 0.000121. The van der Waals surface area contributed by atoms with E-state index in [9.17, 15) is 14.4 Å². The van der Waals surface area contributed by atoms with E-state index < -0.39 is 11.2 Å². The number of aryl methyl sites for hydroxylation is 1. The molecule has 1 aromatic heterocycles. The standard InChI is InChI=1S/C16H20N4O3.ClH/c17-10-11-4-3-8-19(11)14(21)7-9-20-13-6-2-1-5-12(13)15(22)18-16(20)23;/h1-2,5-6,11H,3-4,7-10,17H2,(H,18,22,23);1H. The lowest BCUT2D eigenvalue weighted by atomic mass is 10.2. The molecular weight excluding hydrogens is 332 g/mol. The first-order valence-electron chi connectivity index (χ1n) is 7.83. The van der Waals surface area contributed by atoms with E-state index in [1.165, 1.54) is 4.57 Å². The first kappa shape index (κ1) is 18.2. The third-order valence-electron chi connectivity index (χ3n) is 4.42. The van der Waals surface area contributed by atoms with Gasteiger partial charge in [0.05, 0.1) is 10.9 Å². The van der Waals surface area contributed by atoms with E-state index in [1.807, 2.05) is 0 Å². The maximum atomic E-state index is 12.4. The zero-order chi connectivity index (χ0) is 16.4. The second-order valence-electron chi connectivity index (χ2n) is 5.80. The van der Waals surface area contributed by atoms with Crippen LogP contribution in [0.25, 0.3) is 10.9 Å². The molecule has 1 atom stereocenters. The van der Waals surface area contributed by atoms with Crippen LogP contribution in [-0.2, 0) is 11.3 Å². The topological polar surface area (TPSA) is 101 Å². The molecule has 1 amide bonds. The molecule has 1 saturated heterocycles. The van der Waals surface area contributed by atoms with Crippen LogP contribution in [0.15, 0.2) is 33.9 Å². The van der Waals surface area contributed by atoms with Crippen molar-refractivity contribution >= 4 is 29.2 Å². The van der Waals surface area contributed by atoms with E-state index in [4.69, 9.17) is 5.73 Å². The Hall–Kier alpha value is -2.12. The van der Waals surface area contributed by atoms with E-state index in [2.05, 4.69) is 4.98 Å². The largest absolute Gasteiger partial charge is 0.338 e. The number of para-hydroxylation sites is 1. The van der Waals surface area contributed by atoms with Gasteiger partial charge in [-0.05, 0) is 25.0 Å². The van der Waals surface area contributed by atoms with E-state index in [-0.39, 0.29) is 37.3 Å². The van der Waals surface area contributed by atoms with Crippen LogP contribution >= 0.6 is 12.4 Å². The molecule has 2 heterocycles. The fourth-order valence-corrected chi connectivity index (χ4v) is 3.22. The monoisotopic (exact) mass is 352 g/mol. The minimum Gasteiger partial charge on any atom is -0.338 e. The number of halogens is 1. The summed E-state index contributed by atoms with van der Waals surface area (Å²) in [6.45, 7) is 1.43. The lowest BCUT2D eigenvalue weighted by Gasteiger charge is -2.23. The summed E-state index contributed by atoms with van der Waals surface area (Å²) in [6, 6.07) is 7.00. The lowest BCUT2D eigenvalue weighted by Crippen LogP contribution is -2.40. The highest BCUT2D eigenvalue weighted by Crippen LogP contribution is 2.17. The summed E-state index contributed by atoms with van der Waals surface area (Å²) in [5, 5.41) is 0.445. The highest BCUT2D eigenvalue weighted by molar-refractivity contribution is 5.85. The quantitative estimate of drug-likeness (QED) is 0.834. The number of fused-ring (bicyclic) bond motifs is 1. The van der Waals surface area contributed by atoms with Crippen molar-refractivity contribution in [3.63, 3.8) is 0 Å². The third-order valence-corrected chi connectivity index (χ3v) is 4.42. The van der Waals surface area contributed by atoms with Crippen LogP contribution in [-0.4, -0.2) is 39.5 Å². The minimum absolute atomic E-state index is 0. The minimum atomic E-state index is -0.488. The number of carbonyl (C=O) groups excluding carboxylic acids is 1. The zero-order valence-electron chi connectivity index (χ0n) is 13.2. The van der Waals surface area contributed by atoms with Crippen LogP contribution in [0.4, 0.5) is 0 Å². The summed E-state index contributed by atoms with van der Waals surface area (Å²) >= 11 is 0. The number of hydrogen-bond donors (Lipinski definition) is 2. The number of likely N-dealkylation sites (tertiary alicyclic amines) is 1. The van der Waals surface area contributed by atoms with Gasteiger partial charge in [-0.3, -0.25) is 19.1 Å². The summed E-state index contributed by atoms with van der Waals surface area (Å²) in [6.07, 6.45) is 2.12. The Labute approximate surface area is 144 Å². The average Bonchev–Trinajstić information content (AvgIpc) is 3.03. The smallest absolute Gasteiger partial charge is 0.328 e. The van der Waals surface area contributed by atoms with Crippen LogP contribution in [0, 0.1) is 0 Å². The molecule has 1 aliphatic rings. The highest BCUT2D eigenvalue weighted by Gasteiger charge is 2.27. The first-order valence-corrected chi connectivity index (χ1v) is 7.83. The number of nitrogens with one attached hydrogen (secondary N) is 1. The van der Waals surface area contributed by atoms with Gasteiger partial charge in [-0.15, -0.1) is 12.4 Å². The van der Waals surface area contributed by atoms with Gasteiger partial charge in [0.1, 0.15) is 0 Å². The van der Waals surface area contributed by atoms with Crippen molar-refractivity contribution in [3.8, 4) is 0 Å². The van der Waals surface area contributed by atoms with Gasteiger partial charge in [0.25, 0.3) is 5.56 Å². The van der Waals surface area contributed by atoms with Crippen molar-refractivity contribution < 1.29 is 4.79 Å². The number of rotatable bonds is 4. The van der Waals surface area contributed by atoms with Crippen LogP contribution in [0.5, 0.6) is 0 Å². The molecule has 0 aliphatic carbocycles. The number of aromatic nitrogens is 2. The Kier molecular flexibility index (Phi) is 5.80. The molecule has 1 aliphatic heterocycles. The van der Waals surface area contributed by atoms with Crippen LogP contribution in [0.2, 0.25) is 0 Å². The number of aromatic amines is 1. The SMILES string of the molecule is Cl.NCC1CCCN1C(=O)CCn1c(=O)[nH]c(=O)c2ccccc21. The number of H-pyrrole nitrogens is 1. The highest BCUT2D eigenvalue weighted by atomic mass is 35.5. The summed E-state index contributed by atoms with van der Waals surface area (Å²) in [5.41, 5.74) is 5.35. The Balaban J connectivity index is 0.00000208. The fraction of sp³-hybridized carbons (Fsp3) is 0.438. The summed E-state index contributed by atoms with van der Waals surface area (Å²) < 4.78 is 1.45. The molecule has 2 aromatic rings. The lowest BCUT2D eigenvalue weighted by molar-refractivity contribution is -0.132. The molecule has 0 radical (unpaired) electrons. The van der Waals surface area contributed by atoms with Gasteiger partial charge in [0, 0.05) is 32.1 Å². The van der Waals surface area contributed by atoms with Gasteiger partial charge in [0.2, 0.25) is 5.91 Å². The fourth-order valence-electron chi connectivity index (χ4n) is 3.22. The molecule has 0 saturated carbocycles. The second-order valence-corrected chi connectivity index (χ2v) is 5.80. The molecule has 1 aromatic carbocycles. The zero-order valence-corrected chi connectivity index (χ0v) is 14.1.